The van der Waals surface area contributed by atoms with E-state index in [4.69, 9.17) is 4.42 Å². The quantitative estimate of drug-likeness (QED) is 0.843. The third-order valence-corrected chi connectivity index (χ3v) is 4.50. The summed E-state index contributed by atoms with van der Waals surface area (Å²) in [6.07, 6.45) is 5.70. The molecule has 0 amide bonds. The molecule has 1 saturated heterocycles. The first-order chi connectivity index (χ1) is 8.83. The summed E-state index contributed by atoms with van der Waals surface area (Å²) in [7, 11) is 0. The molecule has 1 aliphatic rings. The van der Waals surface area contributed by atoms with Crippen LogP contribution in [0.4, 0.5) is 0 Å². The van der Waals surface area contributed by atoms with Gasteiger partial charge in [-0.2, -0.15) is 0 Å². The fraction of sp³-hybridized carbons (Fsp3) is 0.500. The monoisotopic (exact) mass is 262 g/mol. The number of rotatable bonds is 3. The van der Waals surface area contributed by atoms with Crippen molar-refractivity contribution < 1.29 is 4.42 Å². The minimum absolute atomic E-state index is 0.688. The molecule has 3 nitrogen and oxygen atoms in total. The molecule has 0 aromatic carbocycles. The topological polar surface area (TPSA) is 29.3 Å². The van der Waals surface area contributed by atoms with E-state index in [0.717, 1.165) is 17.3 Å². The van der Waals surface area contributed by atoms with Crippen LogP contribution in [-0.2, 0) is 6.54 Å². The third kappa shape index (κ3) is 2.49. The molecule has 4 heteroatoms. The molecule has 1 atom stereocenters. The molecular formula is C14H18N2OS. The molecule has 1 unspecified atom stereocenters. The smallest absolute Gasteiger partial charge is 0.162 e. The molecular weight excluding hydrogens is 244 g/mol. The molecule has 3 rings (SSSR count). The van der Waals surface area contributed by atoms with Gasteiger partial charge in [0.05, 0.1) is 12.0 Å². The van der Waals surface area contributed by atoms with E-state index in [1.54, 1.807) is 17.6 Å². The van der Waals surface area contributed by atoms with Gasteiger partial charge in [-0.25, -0.2) is 4.98 Å². The SMILES string of the molecule is CC1CCCCN1Cc1csc(-c2ccco2)n1. The second-order valence-electron chi connectivity index (χ2n) is 4.94. The Morgan fingerprint density at radius 2 is 2.44 bits per heavy atom. The standard InChI is InChI=1S/C14H18N2OS/c1-11-5-2-3-7-16(11)9-12-10-18-14(15-12)13-6-4-8-17-13/h4,6,8,10-11H,2-3,5,7,9H2,1H3. The molecule has 0 spiro atoms. The Hall–Kier alpha value is -1.13. The zero-order valence-electron chi connectivity index (χ0n) is 10.6. The fourth-order valence-corrected chi connectivity index (χ4v) is 3.27. The zero-order valence-corrected chi connectivity index (χ0v) is 11.4. The normalized spacial score (nSPS) is 21.3. The van der Waals surface area contributed by atoms with E-state index in [1.807, 2.05) is 12.1 Å². The minimum Gasteiger partial charge on any atom is -0.462 e. The van der Waals surface area contributed by atoms with Crippen molar-refractivity contribution in [2.24, 2.45) is 0 Å². The van der Waals surface area contributed by atoms with Crippen LogP contribution in [0.5, 0.6) is 0 Å². The Morgan fingerprint density at radius 3 is 3.22 bits per heavy atom. The molecule has 2 aromatic heterocycles. The maximum Gasteiger partial charge on any atom is 0.162 e. The highest BCUT2D eigenvalue weighted by Crippen LogP contribution is 2.26. The lowest BCUT2D eigenvalue weighted by Gasteiger charge is -2.32. The Balaban J connectivity index is 1.70. The van der Waals surface area contributed by atoms with E-state index >= 15 is 0 Å². The molecule has 1 fully saturated rings. The molecule has 2 aromatic rings. The highest BCUT2D eigenvalue weighted by atomic mass is 32.1. The van der Waals surface area contributed by atoms with Crippen molar-refractivity contribution >= 4 is 11.3 Å². The van der Waals surface area contributed by atoms with Gasteiger partial charge in [-0.3, -0.25) is 4.90 Å². The van der Waals surface area contributed by atoms with Crippen LogP contribution in [0.3, 0.4) is 0 Å². The highest BCUT2D eigenvalue weighted by Gasteiger charge is 2.19. The highest BCUT2D eigenvalue weighted by molar-refractivity contribution is 7.13. The van der Waals surface area contributed by atoms with Crippen molar-refractivity contribution in [2.45, 2.75) is 38.8 Å². The van der Waals surface area contributed by atoms with E-state index in [9.17, 15) is 0 Å². The van der Waals surface area contributed by atoms with Crippen LogP contribution in [0.25, 0.3) is 10.8 Å². The first kappa shape index (κ1) is 11.9. The number of hydrogen-bond donors (Lipinski definition) is 0. The first-order valence-corrected chi connectivity index (χ1v) is 7.43. The Morgan fingerprint density at radius 1 is 1.50 bits per heavy atom. The number of nitrogens with zero attached hydrogens (tertiary/aromatic N) is 2. The summed E-state index contributed by atoms with van der Waals surface area (Å²) in [6.45, 7) is 4.49. The summed E-state index contributed by atoms with van der Waals surface area (Å²) in [4.78, 5) is 7.20. The van der Waals surface area contributed by atoms with Gasteiger partial charge in [0.25, 0.3) is 0 Å². The molecule has 0 N–H and O–H groups in total. The average molecular weight is 262 g/mol. The van der Waals surface area contributed by atoms with Crippen LogP contribution in [0.15, 0.2) is 28.2 Å². The molecule has 0 aliphatic carbocycles. The second kappa shape index (κ2) is 5.24. The zero-order chi connectivity index (χ0) is 12.4. The third-order valence-electron chi connectivity index (χ3n) is 3.59. The predicted molar refractivity (Wildman–Crippen MR) is 73.5 cm³/mol. The van der Waals surface area contributed by atoms with Gasteiger partial charge >= 0.3 is 0 Å². The number of likely N-dealkylation sites (tertiary alicyclic amines) is 1. The largest absolute Gasteiger partial charge is 0.462 e. The van der Waals surface area contributed by atoms with Crippen LogP contribution in [0.2, 0.25) is 0 Å². The first-order valence-electron chi connectivity index (χ1n) is 6.55. The van der Waals surface area contributed by atoms with Gasteiger partial charge in [-0.1, -0.05) is 6.42 Å². The summed E-state index contributed by atoms with van der Waals surface area (Å²) in [5.74, 6) is 0.873. The molecule has 3 heterocycles. The van der Waals surface area contributed by atoms with Crippen LogP contribution < -0.4 is 0 Å². The van der Waals surface area contributed by atoms with Gasteiger partial charge in [0.1, 0.15) is 0 Å². The number of furan rings is 1. The van der Waals surface area contributed by atoms with Gasteiger partial charge < -0.3 is 4.42 Å². The maximum atomic E-state index is 5.38. The van der Waals surface area contributed by atoms with Crippen molar-refractivity contribution in [3.63, 3.8) is 0 Å². The van der Waals surface area contributed by atoms with Crippen LogP contribution >= 0.6 is 11.3 Å². The van der Waals surface area contributed by atoms with Crippen LogP contribution in [0, 0.1) is 0 Å². The molecule has 0 radical (unpaired) electrons. The van der Waals surface area contributed by atoms with Crippen LogP contribution in [-0.4, -0.2) is 22.5 Å². The number of thiazole rings is 1. The molecule has 96 valence electrons. The Labute approximate surface area is 111 Å². The number of hydrogen-bond acceptors (Lipinski definition) is 4. The lowest BCUT2D eigenvalue weighted by molar-refractivity contribution is 0.151. The van der Waals surface area contributed by atoms with E-state index in [1.165, 1.54) is 31.5 Å². The minimum atomic E-state index is 0.688. The summed E-state index contributed by atoms with van der Waals surface area (Å²) >= 11 is 1.67. The van der Waals surface area contributed by atoms with Crippen LogP contribution in [0.1, 0.15) is 31.9 Å². The summed E-state index contributed by atoms with van der Waals surface area (Å²) < 4.78 is 5.38. The van der Waals surface area contributed by atoms with E-state index in [-0.39, 0.29) is 0 Å². The van der Waals surface area contributed by atoms with Crippen molar-refractivity contribution in [1.29, 1.82) is 0 Å². The summed E-state index contributed by atoms with van der Waals surface area (Å²) in [6, 6.07) is 4.56. The van der Waals surface area contributed by atoms with Crippen molar-refractivity contribution in [2.75, 3.05) is 6.54 Å². The fourth-order valence-electron chi connectivity index (χ4n) is 2.49. The lowest BCUT2D eigenvalue weighted by atomic mass is 10.0. The van der Waals surface area contributed by atoms with Gasteiger partial charge in [-0.05, 0) is 38.4 Å². The molecule has 0 saturated carbocycles. The van der Waals surface area contributed by atoms with Gasteiger partial charge in [0.15, 0.2) is 10.8 Å². The van der Waals surface area contributed by atoms with Crippen molar-refractivity contribution in [3.05, 3.63) is 29.5 Å². The van der Waals surface area contributed by atoms with E-state index in [0.29, 0.717) is 6.04 Å². The lowest BCUT2D eigenvalue weighted by Crippen LogP contribution is -2.36. The van der Waals surface area contributed by atoms with Gasteiger partial charge in [0.2, 0.25) is 0 Å². The van der Waals surface area contributed by atoms with Gasteiger partial charge in [0, 0.05) is 18.0 Å². The maximum absolute atomic E-state index is 5.38. The summed E-state index contributed by atoms with van der Waals surface area (Å²) in [5, 5.41) is 3.14. The van der Waals surface area contributed by atoms with Gasteiger partial charge in [-0.15, -0.1) is 11.3 Å². The second-order valence-corrected chi connectivity index (χ2v) is 5.79. The number of piperidine rings is 1. The molecule has 1 aliphatic heterocycles. The van der Waals surface area contributed by atoms with E-state index < -0.39 is 0 Å². The van der Waals surface area contributed by atoms with Crippen molar-refractivity contribution in [1.82, 2.24) is 9.88 Å². The Kier molecular flexibility index (Phi) is 3.48. The average Bonchev–Trinajstić information content (AvgIpc) is 3.02. The number of aromatic nitrogens is 1. The molecule has 0 bridgehead atoms. The predicted octanol–water partition coefficient (Wildman–Crippen LogP) is 3.78. The van der Waals surface area contributed by atoms with E-state index in [2.05, 4.69) is 22.2 Å². The summed E-state index contributed by atoms with van der Waals surface area (Å²) in [5.41, 5.74) is 1.17. The van der Waals surface area contributed by atoms with Crippen molar-refractivity contribution in [3.8, 4) is 10.8 Å². The molecule has 18 heavy (non-hydrogen) atoms. The Bertz CT molecular complexity index is 492.